The number of nitrogens with zero attached hydrogens (tertiary/aromatic N) is 4. The minimum absolute atomic E-state index is 0.00241. The van der Waals surface area contributed by atoms with Crippen LogP contribution < -0.4 is 5.32 Å². The SMILES string of the molecule is O=C(O)CCNC(=O)C1Cc2ncn(Cc3ccc([N+](=O)[O-])cc3)c2CN1C(=O)C1CC1. The molecule has 1 aromatic carbocycles. The van der Waals surface area contributed by atoms with Crippen molar-refractivity contribution in [3.8, 4) is 0 Å². The first-order valence-electron chi connectivity index (χ1n) is 10.4. The number of aromatic nitrogens is 2. The Balaban J connectivity index is 1.53. The van der Waals surface area contributed by atoms with Gasteiger partial charge in [-0.3, -0.25) is 24.5 Å². The summed E-state index contributed by atoms with van der Waals surface area (Å²) in [6.45, 7) is 0.660. The molecule has 11 nitrogen and oxygen atoms in total. The molecule has 1 aliphatic heterocycles. The summed E-state index contributed by atoms with van der Waals surface area (Å²) < 4.78 is 1.89. The summed E-state index contributed by atoms with van der Waals surface area (Å²) in [7, 11) is 0. The van der Waals surface area contributed by atoms with Crippen LogP contribution in [0.25, 0.3) is 0 Å². The third-order valence-corrected chi connectivity index (χ3v) is 5.77. The van der Waals surface area contributed by atoms with E-state index in [-0.39, 0.29) is 49.4 Å². The number of fused-ring (bicyclic) bond motifs is 1. The molecule has 11 heteroatoms. The number of carbonyl (C=O) groups excluding carboxylic acids is 2. The average molecular weight is 441 g/mol. The molecule has 2 aromatic rings. The van der Waals surface area contributed by atoms with E-state index >= 15 is 0 Å². The van der Waals surface area contributed by atoms with Crippen LogP contribution in [0.2, 0.25) is 0 Å². The van der Waals surface area contributed by atoms with Crippen LogP contribution in [-0.4, -0.2) is 54.9 Å². The number of hydrogen-bond acceptors (Lipinski definition) is 6. The maximum absolute atomic E-state index is 12.9. The van der Waals surface area contributed by atoms with Crippen molar-refractivity contribution >= 4 is 23.5 Å². The molecule has 32 heavy (non-hydrogen) atoms. The minimum atomic E-state index is -1.01. The van der Waals surface area contributed by atoms with Gasteiger partial charge in [0.05, 0.1) is 35.6 Å². The number of nitro benzene ring substituents is 1. The smallest absolute Gasteiger partial charge is 0.305 e. The molecule has 2 N–H and O–H groups in total. The topological polar surface area (TPSA) is 148 Å². The molecular formula is C21H23N5O6. The van der Waals surface area contributed by atoms with Crippen molar-refractivity contribution in [2.45, 2.75) is 44.8 Å². The third kappa shape index (κ3) is 4.61. The van der Waals surface area contributed by atoms with E-state index in [4.69, 9.17) is 5.11 Å². The lowest BCUT2D eigenvalue weighted by molar-refractivity contribution is -0.384. The van der Waals surface area contributed by atoms with Gasteiger partial charge in [0.1, 0.15) is 6.04 Å². The van der Waals surface area contributed by atoms with Crippen LogP contribution in [0.1, 0.15) is 36.2 Å². The number of non-ortho nitro benzene ring substituents is 1. The number of carboxylic acid groups (broad SMARTS) is 1. The van der Waals surface area contributed by atoms with Crippen molar-refractivity contribution in [2.75, 3.05) is 6.54 Å². The highest BCUT2D eigenvalue weighted by atomic mass is 16.6. The van der Waals surface area contributed by atoms with Crippen LogP contribution >= 0.6 is 0 Å². The molecule has 2 amide bonds. The number of hydrogen-bond donors (Lipinski definition) is 2. The molecule has 1 aromatic heterocycles. The monoisotopic (exact) mass is 441 g/mol. The lowest BCUT2D eigenvalue weighted by Crippen LogP contribution is -2.53. The first-order valence-corrected chi connectivity index (χ1v) is 10.4. The van der Waals surface area contributed by atoms with Gasteiger partial charge in [0.15, 0.2) is 0 Å². The van der Waals surface area contributed by atoms with Gasteiger partial charge < -0.3 is 19.9 Å². The van der Waals surface area contributed by atoms with E-state index in [1.54, 1.807) is 23.4 Å². The van der Waals surface area contributed by atoms with Crippen LogP contribution in [0, 0.1) is 16.0 Å². The molecule has 1 saturated carbocycles. The van der Waals surface area contributed by atoms with Gasteiger partial charge in [-0.15, -0.1) is 0 Å². The third-order valence-electron chi connectivity index (χ3n) is 5.77. The minimum Gasteiger partial charge on any atom is -0.481 e. The Morgan fingerprint density at radius 2 is 1.94 bits per heavy atom. The van der Waals surface area contributed by atoms with Crippen molar-refractivity contribution in [1.29, 1.82) is 0 Å². The van der Waals surface area contributed by atoms with Crippen LogP contribution in [0.15, 0.2) is 30.6 Å². The lowest BCUT2D eigenvalue weighted by atomic mass is 10.0. The highest BCUT2D eigenvalue weighted by molar-refractivity contribution is 5.90. The van der Waals surface area contributed by atoms with Crippen molar-refractivity contribution in [3.63, 3.8) is 0 Å². The molecular weight excluding hydrogens is 418 g/mol. The second-order valence-corrected chi connectivity index (χ2v) is 8.08. The van der Waals surface area contributed by atoms with Crippen LogP contribution in [-0.2, 0) is 33.9 Å². The fourth-order valence-corrected chi connectivity index (χ4v) is 3.86. The van der Waals surface area contributed by atoms with E-state index in [1.165, 1.54) is 12.1 Å². The van der Waals surface area contributed by atoms with E-state index in [9.17, 15) is 24.5 Å². The Labute approximate surface area is 183 Å². The highest BCUT2D eigenvalue weighted by Crippen LogP contribution is 2.34. The number of carbonyl (C=O) groups is 3. The summed E-state index contributed by atoms with van der Waals surface area (Å²) >= 11 is 0. The molecule has 168 valence electrons. The second-order valence-electron chi connectivity index (χ2n) is 8.08. The molecule has 1 aliphatic carbocycles. The number of amides is 2. The molecule has 0 saturated heterocycles. The van der Waals surface area contributed by atoms with Crippen LogP contribution in [0.4, 0.5) is 5.69 Å². The number of carboxylic acids is 1. The van der Waals surface area contributed by atoms with Gasteiger partial charge in [-0.2, -0.15) is 0 Å². The summed E-state index contributed by atoms with van der Waals surface area (Å²) in [5.41, 5.74) is 2.40. The predicted molar refractivity (Wildman–Crippen MR) is 110 cm³/mol. The lowest BCUT2D eigenvalue weighted by Gasteiger charge is -2.35. The number of nitrogens with one attached hydrogen (secondary N) is 1. The molecule has 0 radical (unpaired) electrons. The number of aliphatic carboxylic acids is 1. The van der Waals surface area contributed by atoms with Crippen LogP contribution in [0.3, 0.4) is 0 Å². The zero-order chi connectivity index (χ0) is 22.8. The highest BCUT2D eigenvalue weighted by Gasteiger charge is 2.42. The standard InChI is InChI=1S/C21H23N5O6/c27-19(28)7-8-22-20(29)17-9-16-18(11-25(17)21(30)14-3-4-14)24(12-23-16)10-13-1-5-15(6-2-13)26(31)32/h1-2,5-6,12,14,17H,3-4,7-11H2,(H,22,29)(H,27,28). The van der Waals surface area contributed by atoms with Crippen LogP contribution in [0.5, 0.6) is 0 Å². The van der Waals surface area contributed by atoms with Gasteiger partial charge in [-0.1, -0.05) is 12.1 Å². The van der Waals surface area contributed by atoms with E-state index < -0.39 is 16.9 Å². The molecule has 0 spiro atoms. The maximum Gasteiger partial charge on any atom is 0.305 e. The maximum atomic E-state index is 12.9. The summed E-state index contributed by atoms with van der Waals surface area (Å²) in [5.74, 6) is -1.53. The first kappa shape index (κ1) is 21.5. The average Bonchev–Trinajstić information content (AvgIpc) is 3.54. The number of imidazole rings is 1. The summed E-state index contributed by atoms with van der Waals surface area (Å²) in [5, 5.41) is 22.3. The predicted octanol–water partition coefficient (Wildman–Crippen LogP) is 1.09. The summed E-state index contributed by atoms with van der Waals surface area (Å²) in [6, 6.07) is 5.52. The number of nitro groups is 1. The quantitative estimate of drug-likeness (QED) is 0.460. The molecule has 2 aliphatic rings. The Hall–Kier alpha value is -3.76. The van der Waals surface area contributed by atoms with Crippen molar-refractivity contribution in [1.82, 2.24) is 19.8 Å². The molecule has 1 unspecified atom stereocenters. The fourth-order valence-electron chi connectivity index (χ4n) is 3.86. The van der Waals surface area contributed by atoms with Gasteiger partial charge in [0.25, 0.3) is 5.69 Å². The number of benzene rings is 1. The Kier molecular flexibility index (Phi) is 5.89. The fraction of sp³-hybridized carbons (Fsp3) is 0.429. The van der Waals surface area contributed by atoms with E-state index in [1.807, 2.05) is 4.57 Å². The summed E-state index contributed by atoms with van der Waals surface area (Å²) in [4.78, 5) is 52.8. The Morgan fingerprint density at radius 1 is 1.22 bits per heavy atom. The van der Waals surface area contributed by atoms with Gasteiger partial charge in [0, 0.05) is 37.6 Å². The van der Waals surface area contributed by atoms with Gasteiger partial charge in [0.2, 0.25) is 11.8 Å². The van der Waals surface area contributed by atoms with E-state index in [0.29, 0.717) is 12.2 Å². The van der Waals surface area contributed by atoms with E-state index in [2.05, 4.69) is 10.3 Å². The molecule has 0 bridgehead atoms. The largest absolute Gasteiger partial charge is 0.481 e. The first-order chi connectivity index (χ1) is 15.3. The zero-order valence-corrected chi connectivity index (χ0v) is 17.3. The van der Waals surface area contributed by atoms with Crippen molar-refractivity contribution in [2.24, 2.45) is 5.92 Å². The summed E-state index contributed by atoms with van der Waals surface area (Å²) in [6.07, 6.45) is 3.32. The van der Waals surface area contributed by atoms with Crippen molar-refractivity contribution < 1.29 is 24.4 Å². The van der Waals surface area contributed by atoms with E-state index in [0.717, 1.165) is 24.1 Å². The van der Waals surface area contributed by atoms with Gasteiger partial charge >= 0.3 is 5.97 Å². The van der Waals surface area contributed by atoms with Gasteiger partial charge in [-0.05, 0) is 18.4 Å². The number of rotatable bonds is 8. The zero-order valence-electron chi connectivity index (χ0n) is 17.3. The van der Waals surface area contributed by atoms with Gasteiger partial charge in [-0.25, -0.2) is 4.98 Å². The second kappa shape index (κ2) is 8.77. The molecule has 1 atom stereocenters. The Bertz CT molecular complexity index is 1060. The normalized spacial score (nSPS) is 17.5. The molecule has 4 rings (SSSR count). The van der Waals surface area contributed by atoms with Crippen molar-refractivity contribution in [3.05, 3.63) is 57.7 Å². The molecule has 1 fully saturated rings. The Morgan fingerprint density at radius 3 is 2.56 bits per heavy atom. The molecule has 2 heterocycles.